The number of aliphatic imine (C=N–C) groups is 1. The van der Waals surface area contributed by atoms with E-state index in [0.717, 1.165) is 38.6 Å². The molecule has 0 aliphatic carbocycles. The lowest BCUT2D eigenvalue weighted by atomic mass is 10.1. The Morgan fingerprint density at radius 3 is 2.64 bits per heavy atom. The van der Waals surface area contributed by atoms with Crippen molar-refractivity contribution in [3.05, 3.63) is 0 Å². The molecular weight excluding hydrogens is 417 g/mol. The van der Waals surface area contributed by atoms with Gasteiger partial charge in [-0.1, -0.05) is 13.8 Å². The summed E-state index contributed by atoms with van der Waals surface area (Å²) in [5.41, 5.74) is 0. The van der Waals surface area contributed by atoms with Gasteiger partial charge in [0.15, 0.2) is 15.8 Å². The van der Waals surface area contributed by atoms with E-state index in [9.17, 15) is 8.42 Å². The van der Waals surface area contributed by atoms with Crippen LogP contribution in [0.2, 0.25) is 0 Å². The summed E-state index contributed by atoms with van der Waals surface area (Å²) in [5.74, 6) is 2.10. The summed E-state index contributed by atoms with van der Waals surface area (Å²) in [7, 11) is -1.08. The first kappa shape index (κ1) is 21.9. The van der Waals surface area contributed by atoms with Crippen LogP contribution >= 0.6 is 24.0 Å². The van der Waals surface area contributed by atoms with Crippen molar-refractivity contribution >= 4 is 39.8 Å². The predicted molar refractivity (Wildman–Crippen MR) is 102 cm³/mol. The smallest absolute Gasteiger partial charge is 0.190 e. The van der Waals surface area contributed by atoms with Crippen molar-refractivity contribution in [1.29, 1.82) is 0 Å². The summed E-state index contributed by atoms with van der Waals surface area (Å²) in [6, 6.07) is 0. The van der Waals surface area contributed by atoms with Crippen LogP contribution in [-0.2, 0) is 14.6 Å². The highest BCUT2D eigenvalue weighted by Gasteiger charge is 2.27. The topological polar surface area (TPSA) is 79.8 Å². The summed E-state index contributed by atoms with van der Waals surface area (Å²) < 4.78 is 28.3. The molecule has 0 aromatic rings. The summed E-state index contributed by atoms with van der Waals surface area (Å²) in [6.07, 6.45) is 1.67. The molecule has 0 aromatic carbocycles. The Hall–Kier alpha value is -0.0900. The van der Waals surface area contributed by atoms with Crippen LogP contribution in [0.15, 0.2) is 4.99 Å². The second-order valence-electron chi connectivity index (χ2n) is 5.97. The largest absolute Gasteiger partial charge is 0.381 e. The lowest BCUT2D eigenvalue weighted by Crippen LogP contribution is -2.40. The van der Waals surface area contributed by atoms with Crippen molar-refractivity contribution in [3.8, 4) is 0 Å². The molecule has 0 amide bonds. The first-order chi connectivity index (χ1) is 9.93. The number of halogens is 1. The summed E-state index contributed by atoms with van der Waals surface area (Å²) in [5, 5.41) is 6.40. The van der Waals surface area contributed by atoms with E-state index in [1.807, 2.05) is 0 Å². The maximum absolute atomic E-state index is 11.4. The molecule has 1 unspecified atom stereocenters. The molecule has 6 nitrogen and oxygen atoms in total. The number of ether oxygens (including phenoxy) is 1. The SMILES string of the molecule is CN=C(NCCCOCC(C)C)NCC1CCS(=O)(=O)C1.I. The first-order valence-corrected chi connectivity index (χ1v) is 9.48. The second kappa shape index (κ2) is 11.4. The molecule has 1 aliphatic rings. The van der Waals surface area contributed by atoms with Crippen molar-refractivity contribution in [1.82, 2.24) is 10.6 Å². The fourth-order valence-corrected chi connectivity index (χ4v) is 4.06. The number of hydrogen-bond donors (Lipinski definition) is 2. The fraction of sp³-hybridized carbons (Fsp3) is 0.929. The van der Waals surface area contributed by atoms with Gasteiger partial charge in [-0.05, 0) is 24.7 Å². The zero-order valence-corrected chi connectivity index (χ0v) is 16.9. The molecule has 1 fully saturated rings. The number of hydrogen-bond acceptors (Lipinski definition) is 4. The molecule has 1 rings (SSSR count). The van der Waals surface area contributed by atoms with Gasteiger partial charge in [0.2, 0.25) is 0 Å². The van der Waals surface area contributed by atoms with Crippen LogP contribution in [0.4, 0.5) is 0 Å². The summed E-state index contributed by atoms with van der Waals surface area (Å²) in [4.78, 5) is 4.14. The van der Waals surface area contributed by atoms with Gasteiger partial charge in [0.1, 0.15) is 0 Å². The molecule has 1 atom stereocenters. The minimum Gasteiger partial charge on any atom is -0.381 e. The van der Waals surface area contributed by atoms with Gasteiger partial charge in [0.05, 0.1) is 11.5 Å². The maximum Gasteiger partial charge on any atom is 0.190 e. The van der Waals surface area contributed by atoms with Crippen LogP contribution in [-0.4, -0.2) is 59.2 Å². The number of sulfone groups is 1. The van der Waals surface area contributed by atoms with E-state index < -0.39 is 9.84 Å². The van der Waals surface area contributed by atoms with Crippen LogP contribution in [0.25, 0.3) is 0 Å². The van der Waals surface area contributed by atoms with Gasteiger partial charge in [-0.15, -0.1) is 24.0 Å². The average molecular weight is 447 g/mol. The van der Waals surface area contributed by atoms with E-state index in [1.165, 1.54) is 0 Å². The van der Waals surface area contributed by atoms with Gasteiger partial charge in [0, 0.05) is 33.4 Å². The van der Waals surface area contributed by atoms with E-state index in [0.29, 0.717) is 24.0 Å². The average Bonchev–Trinajstić information content (AvgIpc) is 2.76. The van der Waals surface area contributed by atoms with E-state index in [1.54, 1.807) is 7.05 Å². The normalized spacial score (nSPS) is 20.7. The highest BCUT2D eigenvalue weighted by Crippen LogP contribution is 2.17. The van der Waals surface area contributed by atoms with E-state index in [-0.39, 0.29) is 29.9 Å². The lowest BCUT2D eigenvalue weighted by molar-refractivity contribution is 0.108. The Bertz CT molecular complexity index is 427. The minimum absolute atomic E-state index is 0. The van der Waals surface area contributed by atoms with Gasteiger partial charge in [-0.2, -0.15) is 0 Å². The van der Waals surface area contributed by atoms with Gasteiger partial charge in [-0.3, -0.25) is 4.99 Å². The molecule has 1 aliphatic heterocycles. The maximum atomic E-state index is 11.4. The van der Waals surface area contributed by atoms with Crippen molar-refractivity contribution in [2.75, 3.05) is 44.9 Å². The molecule has 1 heterocycles. The van der Waals surface area contributed by atoms with Crippen LogP contribution in [0, 0.1) is 11.8 Å². The van der Waals surface area contributed by atoms with Gasteiger partial charge in [0.25, 0.3) is 0 Å². The molecule has 0 radical (unpaired) electrons. The molecule has 0 aromatic heterocycles. The Morgan fingerprint density at radius 2 is 2.09 bits per heavy atom. The Labute approximate surface area is 151 Å². The molecule has 0 spiro atoms. The Morgan fingerprint density at radius 1 is 1.36 bits per heavy atom. The van der Waals surface area contributed by atoms with Gasteiger partial charge >= 0.3 is 0 Å². The van der Waals surface area contributed by atoms with Crippen molar-refractivity contribution < 1.29 is 13.2 Å². The number of nitrogens with zero attached hydrogens (tertiary/aromatic N) is 1. The summed E-state index contributed by atoms with van der Waals surface area (Å²) in [6.45, 7) is 7.25. The number of rotatable bonds is 8. The molecular formula is C14H30IN3O3S. The van der Waals surface area contributed by atoms with Crippen LogP contribution in [0.1, 0.15) is 26.7 Å². The first-order valence-electron chi connectivity index (χ1n) is 7.65. The number of guanidine groups is 1. The van der Waals surface area contributed by atoms with Crippen molar-refractivity contribution in [2.45, 2.75) is 26.7 Å². The zero-order valence-electron chi connectivity index (χ0n) is 13.8. The van der Waals surface area contributed by atoms with E-state index >= 15 is 0 Å². The lowest BCUT2D eigenvalue weighted by Gasteiger charge is -2.14. The standard InChI is InChI=1S/C14H29N3O3S.HI/c1-12(2)10-20-7-4-6-16-14(15-3)17-9-13-5-8-21(18,19)11-13;/h12-13H,4-11H2,1-3H3,(H2,15,16,17);1H. The molecule has 0 bridgehead atoms. The third-order valence-electron chi connectivity index (χ3n) is 3.32. The summed E-state index contributed by atoms with van der Waals surface area (Å²) >= 11 is 0. The molecule has 8 heteroatoms. The van der Waals surface area contributed by atoms with Crippen LogP contribution in [0.5, 0.6) is 0 Å². The van der Waals surface area contributed by atoms with Gasteiger partial charge < -0.3 is 15.4 Å². The Kier molecular flexibility index (Phi) is 11.4. The van der Waals surface area contributed by atoms with Crippen molar-refractivity contribution in [3.63, 3.8) is 0 Å². The second-order valence-corrected chi connectivity index (χ2v) is 8.20. The molecule has 2 N–H and O–H groups in total. The van der Waals surface area contributed by atoms with Crippen LogP contribution < -0.4 is 10.6 Å². The monoisotopic (exact) mass is 447 g/mol. The van der Waals surface area contributed by atoms with E-state index in [2.05, 4.69) is 29.5 Å². The quantitative estimate of drug-likeness (QED) is 0.254. The molecule has 0 saturated carbocycles. The molecule has 1 saturated heterocycles. The van der Waals surface area contributed by atoms with Crippen molar-refractivity contribution in [2.24, 2.45) is 16.8 Å². The molecule has 22 heavy (non-hydrogen) atoms. The van der Waals surface area contributed by atoms with Gasteiger partial charge in [-0.25, -0.2) is 8.42 Å². The molecule has 132 valence electrons. The highest BCUT2D eigenvalue weighted by molar-refractivity contribution is 14.0. The third-order valence-corrected chi connectivity index (χ3v) is 5.15. The number of nitrogens with one attached hydrogen (secondary N) is 2. The van der Waals surface area contributed by atoms with Crippen LogP contribution in [0.3, 0.4) is 0 Å². The Balaban J connectivity index is 0.00000441. The third kappa shape index (κ3) is 9.83. The van der Waals surface area contributed by atoms with E-state index in [4.69, 9.17) is 4.74 Å². The predicted octanol–water partition coefficient (Wildman–Crippen LogP) is 1.27. The fourth-order valence-electron chi connectivity index (χ4n) is 2.19. The zero-order chi connectivity index (χ0) is 15.7. The highest BCUT2D eigenvalue weighted by atomic mass is 127. The minimum atomic E-state index is -2.80.